The van der Waals surface area contributed by atoms with Gasteiger partial charge in [-0.25, -0.2) is 4.79 Å². The van der Waals surface area contributed by atoms with E-state index in [-0.39, 0.29) is 17.7 Å². The van der Waals surface area contributed by atoms with Gasteiger partial charge in [-0.1, -0.05) is 47.0 Å². The molecule has 0 radical (unpaired) electrons. The van der Waals surface area contributed by atoms with Crippen molar-refractivity contribution in [3.63, 3.8) is 0 Å². The maximum absolute atomic E-state index is 11.6. The SMILES string of the molecule is C=C(C)CSc1nnc(SCC(=O)NC(=O)NC(C)C)s1. The Balaban J connectivity index is 2.33. The Morgan fingerprint density at radius 2 is 1.81 bits per heavy atom. The van der Waals surface area contributed by atoms with Gasteiger partial charge in [0.15, 0.2) is 8.68 Å². The van der Waals surface area contributed by atoms with Crippen molar-refractivity contribution in [1.29, 1.82) is 0 Å². The summed E-state index contributed by atoms with van der Waals surface area (Å²) in [6.07, 6.45) is 0. The van der Waals surface area contributed by atoms with E-state index in [1.807, 2.05) is 20.8 Å². The van der Waals surface area contributed by atoms with Crippen molar-refractivity contribution in [1.82, 2.24) is 20.8 Å². The quantitative estimate of drug-likeness (QED) is 0.583. The van der Waals surface area contributed by atoms with E-state index in [0.29, 0.717) is 4.34 Å². The molecule has 3 amide bonds. The maximum Gasteiger partial charge on any atom is 0.321 e. The van der Waals surface area contributed by atoms with E-state index < -0.39 is 6.03 Å². The Morgan fingerprint density at radius 1 is 1.24 bits per heavy atom. The normalized spacial score (nSPS) is 10.5. The number of hydrogen-bond acceptors (Lipinski definition) is 7. The number of thioether (sulfide) groups is 2. The van der Waals surface area contributed by atoms with Crippen molar-refractivity contribution in [2.75, 3.05) is 11.5 Å². The second-order valence-corrected chi connectivity index (χ2v) is 7.97. The molecule has 21 heavy (non-hydrogen) atoms. The molecular weight excluding hydrogens is 328 g/mol. The molecule has 6 nitrogen and oxygen atoms in total. The van der Waals surface area contributed by atoms with Gasteiger partial charge in [0.05, 0.1) is 5.75 Å². The van der Waals surface area contributed by atoms with Crippen molar-refractivity contribution in [2.45, 2.75) is 35.5 Å². The minimum atomic E-state index is -0.481. The van der Waals surface area contributed by atoms with E-state index in [2.05, 4.69) is 27.4 Å². The molecule has 0 atom stereocenters. The first kappa shape index (κ1) is 18.0. The predicted octanol–water partition coefficient (Wildman–Crippen LogP) is 2.53. The molecule has 9 heteroatoms. The van der Waals surface area contributed by atoms with E-state index in [1.54, 1.807) is 11.8 Å². The lowest BCUT2D eigenvalue weighted by Crippen LogP contribution is -2.43. The van der Waals surface area contributed by atoms with Gasteiger partial charge in [0.1, 0.15) is 0 Å². The number of rotatable bonds is 7. The highest BCUT2D eigenvalue weighted by molar-refractivity contribution is 8.03. The number of aromatic nitrogens is 2. The van der Waals surface area contributed by atoms with E-state index in [1.165, 1.54) is 23.1 Å². The Morgan fingerprint density at radius 3 is 2.33 bits per heavy atom. The Kier molecular flexibility index (Phi) is 7.76. The number of nitrogens with one attached hydrogen (secondary N) is 2. The first-order valence-electron chi connectivity index (χ1n) is 6.20. The average Bonchev–Trinajstić information content (AvgIpc) is 2.80. The topological polar surface area (TPSA) is 84.0 Å². The van der Waals surface area contributed by atoms with Gasteiger partial charge in [-0.15, -0.1) is 10.2 Å². The second kappa shape index (κ2) is 9.06. The minimum Gasteiger partial charge on any atom is -0.336 e. The highest BCUT2D eigenvalue weighted by Gasteiger charge is 2.11. The van der Waals surface area contributed by atoms with Gasteiger partial charge in [-0.05, 0) is 20.8 Å². The number of imide groups is 1. The van der Waals surface area contributed by atoms with E-state index in [0.717, 1.165) is 15.7 Å². The van der Waals surface area contributed by atoms with Crippen LogP contribution < -0.4 is 10.6 Å². The summed E-state index contributed by atoms with van der Waals surface area (Å²) in [6, 6.07) is -0.493. The van der Waals surface area contributed by atoms with Gasteiger partial charge >= 0.3 is 6.03 Å². The summed E-state index contributed by atoms with van der Waals surface area (Å²) >= 11 is 4.26. The van der Waals surface area contributed by atoms with Crippen LogP contribution in [0.3, 0.4) is 0 Å². The fourth-order valence-corrected chi connectivity index (χ4v) is 3.75. The molecule has 0 aliphatic rings. The van der Waals surface area contributed by atoms with Crippen molar-refractivity contribution in [2.24, 2.45) is 0 Å². The van der Waals surface area contributed by atoms with Crippen molar-refractivity contribution in [3.05, 3.63) is 12.2 Å². The highest BCUT2D eigenvalue weighted by Crippen LogP contribution is 2.29. The molecule has 1 heterocycles. The molecule has 0 bridgehead atoms. The molecule has 0 saturated heterocycles. The van der Waals surface area contributed by atoms with Crippen LogP contribution in [0.5, 0.6) is 0 Å². The number of carbonyl (C=O) groups is 2. The van der Waals surface area contributed by atoms with E-state index in [4.69, 9.17) is 0 Å². The molecule has 1 aromatic heterocycles. The van der Waals surface area contributed by atoms with Crippen molar-refractivity contribution >= 4 is 46.8 Å². The van der Waals surface area contributed by atoms with Crippen LogP contribution in [-0.4, -0.2) is 39.7 Å². The van der Waals surface area contributed by atoms with Gasteiger partial charge < -0.3 is 5.32 Å². The summed E-state index contributed by atoms with van der Waals surface area (Å²) in [6.45, 7) is 9.43. The molecule has 0 aromatic carbocycles. The Labute approximate surface area is 136 Å². The molecule has 0 unspecified atom stereocenters. The number of amides is 3. The maximum atomic E-state index is 11.6. The Bertz CT molecular complexity index is 516. The standard InChI is InChI=1S/C12H18N4O2S3/c1-7(2)5-19-11-15-16-12(21-11)20-6-9(17)14-10(18)13-8(3)4/h8H,1,5-6H2,2-4H3,(H2,13,14,17,18). The van der Waals surface area contributed by atoms with Crippen molar-refractivity contribution in [3.8, 4) is 0 Å². The fraction of sp³-hybridized carbons (Fsp3) is 0.500. The summed E-state index contributed by atoms with van der Waals surface area (Å²) in [5, 5.41) is 12.9. The number of nitrogens with zero attached hydrogens (tertiary/aromatic N) is 2. The smallest absolute Gasteiger partial charge is 0.321 e. The van der Waals surface area contributed by atoms with Gasteiger partial charge in [0, 0.05) is 11.8 Å². The third kappa shape index (κ3) is 8.08. The van der Waals surface area contributed by atoms with Crippen LogP contribution in [0, 0.1) is 0 Å². The zero-order valence-corrected chi connectivity index (χ0v) is 14.6. The summed E-state index contributed by atoms with van der Waals surface area (Å²) < 4.78 is 1.55. The van der Waals surface area contributed by atoms with Gasteiger partial charge in [-0.3, -0.25) is 10.1 Å². The van der Waals surface area contributed by atoms with Gasteiger partial charge in [-0.2, -0.15) is 0 Å². The lowest BCUT2D eigenvalue weighted by molar-refractivity contribution is -0.117. The first-order valence-corrected chi connectivity index (χ1v) is 8.99. The molecular formula is C12H18N4O2S3. The average molecular weight is 347 g/mol. The van der Waals surface area contributed by atoms with Crippen LogP contribution in [-0.2, 0) is 4.79 Å². The second-order valence-electron chi connectivity index (χ2n) is 4.54. The zero-order valence-electron chi connectivity index (χ0n) is 12.1. The Hall–Kier alpha value is -1.06. The third-order valence-corrected chi connectivity index (χ3v) is 5.25. The zero-order chi connectivity index (χ0) is 15.8. The first-order chi connectivity index (χ1) is 9.86. The van der Waals surface area contributed by atoms with Crippen LogP contribution in [0.1, 0.15) is 20.8 Å². The minimum absolute atomic E-state index is 0.0125. The van der Waals surface area contributed by atoms with Crippen LogP contribution in [0.15, 0.2) is 20.8 Å². The number of hydrogen-bond donors (Lipinski definition) is 2. The molecule has 0 aliphatic heterocycles. The highest BCUT2D eigenvalue weighted by atomic mass is 32.2. The summed E-state index contributed by atoms with van der Waals surface area (Å²) in [7, 11) is 0. The number of urea groups is 1. The summed E-state index contributed by atoms with van der Waals surface area (Å²) in [4.78, 5) is 22.9. The molecule has 1 aromatic rings. The summed E-state index contributed by atoms with van der Waals surface area (Å²) in [5.74, 6) is 0.574. The van der Waals surface area contributed by atoms with E-state index >= 15 is 0 Å². The molecule has 1 rings (SSSR count). The monoisotopic (exact) mass is 346 g/mol. The fourth-order valence-electron chi connectivity index (χ4n) is 1.09. The van der Waals surface area contributed by atoms with Crippen LogP contribution in [0.25, 0.3) is 0 Å². The molecule has 0 fully saturated rings. The molecule has 2 N–H and O–H groups in total. The van der Waals surface area contributed by atoms with Crippen molar-refractivity contribution < 1.29 is 9.59 Å². The van der Waals surface area contributed by atoms with Crippen LogP contribution in [0.2, 0.25) is 0 Å². The predicted molar refractivity (Wildman–Crippen MR) is 88.0 cm³/mol. The number of carbonyl (C=O) groups excluding carboxylic acids is 2. The van der Waals surface area contributed by atoms with Gasteiger partial charge in [0.25, 0.3) is 0 Å². The molecule has 116 valence electrons. The van der Waals surface area contributed by atoms with E-state index in [9.17, 15) is 9.59 Å². The molecule has 0 aliphatic carbocycles. The van der Waals surface area contributed by atoms with Gasteiger partial charge in [0.2, 0.25) is 5.91 Å². The van der Waals surface area contributed by atoms with Crippen LogP contribution >= 0.6 is 34.9 Å². The molecule has 0 saturated carbocycles. The largest absolute Gasteiger partial charge is 0.336 e. The summed E-state index contributed by atoms with van der Waals surface area (Å²) in [5.41, 5.74) is 1.07. The molecule has 0 spiro atoms. The van der Waals surface area contributed by atoms with Crippen LogP contribution in [0.4, 0.5) is 4.79 Å². The third-order valence-electron chi connectivity index (χ3n) is 1.83. The lowest BCUT2D eigenvalue weighted by atomic mass is 10.4. The lowest BCUT2D eigenvalue weighted by Gasteiger charge is -2.08.